The molecule has 3 aromatic rings. The van der Waals surface area contributed by atoms with Crippen molar-refractivity contribution in [2.45, 2.75) is 13.0 Å². The van der Waals surface area contributed by atoms with Gasteiger partial charge >= 0.3 is 6.03 Å². The lowest BCUT2D eigenvalue weighted by atomic mass is 10.1. The molecular formula is C17H15ClN4O2. The van der Waals surface area contributed by atoms with Crippen LogP contribution in [0.15, 0.2) is 59.0 Å². The largest absolute Gasteiger partial charge is 0.423 e. The second kappa shape index (κ2) is 7.14. The Morgan fingerprint density at radius 2 is 1.92 bits per heavy atom. The number of carbonyl (C=O) groups is 1. The standard InChI is InChI=1S/C17H15ClN4O2/c1-11-21-22-16(24-11)15(12-6-3-2-4-7-12)20-17(23)19-14-9-5-8-13(18)10-14/h2-10,15H,1H3,(H2,19,20,23). The molecule has 0 aliphatic carbocycles. The Kier molecular flexibility index (Phi) is 4.77. The van der Waals surface area contributed by atoms with Crippen molar-refractivity contribution in [2.24, 2.45) is 0 Å². The van der Waals surface area contributed by atoms with Crippen molar-refractivity contribution in [3.8, 4) is 0 Å². The van der Waals surface area contributed by atoms with Crippen molar-refractivity contribution in [3.63, 3.8) is 0 Å². The number of hydrogen-bond acceptors (Lipinski definition) is 4. The molecule has 2 amide bonds. The first-order chi connectivity index (χ1) is 11.6. The SMILES string of the molecule is Cc1nnc(C(NC(=O)Nc2cccc(Cl)c2)c2ccccc2)o1. The van der Waals surface area contributed by atoms with E-state index in [1.165, 1.54) is 0 Å². The van der Waals surface area contributed by atoms with Gasteiger partial charge in [-0.05, 0) is 23.8 Å². The third-order valence-electron chi connectivity index (χ3n) is 3.28. The lowest BCUT2D eigenvalue weighted by molar-refractivity contribution is 0.248. The summed E-state index contributed by atoms with van der Waals surface area (Å²) in [7, 11) is 0. The first-order valence-electron chi connectivity index (χ1n) is 7.30. The summed E-state index contributed by atoms with van der Waals surface area (Å²) in [5.41, 5.74) is 1.43. The maximum Gasteiger partial charge on any atom is 0.320 e. The smallest absolute Gasteiger partial charge is 0.320 e. The Labute approximate surface area is 143 Å². The van der Waals surface area contributed by atoms with Crippen molar-refractivity contribution in [1.29, 1.82) is 0 Å². The molecule has 0 saturated heterocycles. The lowest BCUT2D eigenvalue weighted by Gasteiger charge is -2.16. The highest BCUT2D eigenvalue weighted by Crippen LogP contribution is 2.21. The van der Waals surface area contributed by atoms with Crippen LogP contribution < -0.4 is 10.6 Å². The van der Waals surface area contributed by atoms with Crippen LogP contribution >= 0.6 is 11.6 Å². The minimum atomic E-state index is -0.549. The topological polar surface area (TPSA) is 80.0 Å². The zero-order valence-corrected chi connectivity index (χ0v) is 13.6. The Hall–Kier alpha value is -2.86. The Morgan fingerprint density at radius 3 is 2.58 bits per heavy atom. The fourth-order valence-electron chi connectivity index (χ4n) is 2.23. The molecule has 0 aliphatic heterocycles. The van der Waals surface area contributed by atoms with Crippen LogP contribution in [-0.2, 0) is 0 Å². The molecule has 6 nitrogen and oxygen atoms in total. The number of nitrogens with one attached hydrogen (secondary N) is 2. The molecule has 0 saturated carbocycles. The van der Waals surface area contributed by atoms with Crippen molar-refractivity contribution in [2.75, 3.05) is 5.32 Å². The van der Waals surface area contributed by atoms with Gasteiger partial charge in [0.15, 0.2) is 0 Å². The molecule has 7 heteroatoms. The monoisotopic (exact) mass is 342 g/mol. The molecule has 0 radical (unpaired) electrons. The molecule has 0 bridgehead atoms. The Bertz CT molecular complexity index is 835. The summed E-state index contributed by atoms with van der Waals surface area (Å²) in [6.45, 7) is 1.70. The number of anilines is 1. The van der Waals surface area contributed by atoms with Crippen LogP contribution in [0.5, 0.6) is 0 Å². The van der Waals surface area contributed by atoms with Crippen LogP contribution in [0.4, 0.5) is 10.5 Å². The van der Waals surface area contributed by atoms with Gasteiger partial charge in [0.1, 0.15) is 6.04 Å². The van der Waals surface area contributed by atoms with E-state index in [0.717, 1.165) is 5.56 Å². The van der Waals surface area contributed by atoms with E-state index in [9.17, 15) is 4.79 Å². The summed E-state index contributed by atoms with van der Waals surface area (Å²) in [4.78, 5) is 12.3. The third kappa shape index (κ3) is 3.91. The number of rotatable bonds is 4. The van der Waals surface area contributed by atoms with E-state index >= 15 is 0 Å². The quantitative estimate of drug-likeness (QED) is 0.752. The molecule has 0 fully saturated rings. The van der Waals surface area contributed by atoms with Gasteiger partial charge in [-0.2, -0.15) is 0 Å². The second-order valence-electron chi connectivity index (χ2n) is 5.11. The molecule has 3 rings (SSSR count). The predicted octanol–water partition coefficient (Wildman–Crippen LogP) is 3.94. The number of aryl methyl sites for hydroxylation is 1. The number of amides is 2. The first-order valence-corrected chi connectivity index (χ1v) is 7.67. The number of benzene rings is 2. The van der Waals surface area contributed by atoms with Gasteiger partial charge in [-0.25, -0.2) is 4.79 Å². The van der Waals surface area contributed by atoms with Crippen LogP contribution in [-0.4, -0.2) is 16.2 Å². The molecule has 0 aliphatic rings. The second-order valence-corrected chi connectivity index (χ2v) is 5.55. The van der Waals surface area contributed by atoms with Gasteiger partial charge in [0, 0.05) is 17.6 Å². The predicted molar refractivity (Wildman–Crippen MR) is 90.9 cm³/mol. The number of hydrogen-bond donors (Lipinski definition) is 2. The molecule has 24 heavy (non-hydrogen) atoms. The molecule has 1 atom stereocenters. The average molecular weight is 343 g/mol. The average Bonchev–Trinajstić information content (AvgIpc) is 3.00. The number of aromatic nitrogens is 2. The van der Waals surface area contributed by atoms with Gasteiger partial charge in [0.05, 0.1) is 0 Å². The fourth-order valence-corrected chi connectivity index (χ4v) is 2.42. The molecule has 2 N–H and O–H groups in total. The summed E-state index contributed by atoms with van der Waals surface area (Å²) in [5, 5.41) is 14.0. The zero-order valence-electron chi connectivity index (χ0n) is 12.9. The summed E-state index contributed by atoms with van der Waals surface area (Å²) in [5.74, 6) is 0.753. The van der Waals surface area contributed by atoms with Crippen LogP contribution in [0.2, 0.25) is 5.02 Å². The van der Waals surface area contributed by atoms with E-state index in [-0.39, 0.29) is 0 Å². The molecule has 1 unspecified atom stereocenters. The summed E-state index contributed by atoms with van der Waals surface area (Å²) in [6, 6.07) is 15.4. The molecule has 1 aromatic heterocycles. The van der Waals surface area contributed by atoms with Gasteiger partial charge in [-0.3, -0.25) is 0 Å². The lowest BCUT2D eigenvalue weighted by Crippen LogP contribution is -2.33. The fraction of sp³-hybridized carbons (Fsp3) is 0.118. The van der Waals surface area contributed by atoms with E-state index < -0.39 is 12.1 Å². The normalized spacial score (nSPS) is 11.8. The van der Waals surface area contributed by atoms with E-state index in [2.05, 4.69) is 20.8 Å². The zero-order chi connectivity index (χ0) is 16.9. The maximum atomic E-state index is 12.3. The van der Waals surface area contributed by atoms with Crippen LogP contribution in [0.3, 0.4) is 0 Å². The molecule has 2 aromatic carbocycles. The van der Waals surface area contributed by atoms with E-state index in [0.29, 0.717) is 22.5 Å². The van der Waals surface area contributed by atoms with Gasteiger partial charge in [0.2, 0.25) is 11.8 Å². The van der Waals surface area contributed by atoms with Crippen molar-refractivity contribution in [1.82, 2.24) is 15.5 Å². The van der Waals surface area contributed by atoms with E-state index in [1.54, 1.807) is 31.2 Å². The Morgan fingerprint density at radius 1 is 1.12 bits per heavy atom. The maximum absolute atomic E-state index is 12.3. The number of urea groups is 1. The summed E-state index contributed by atoms with van der Waals surface area (Å²) in [6.07, 6.45) is 0. The third-order valence-corrected chi connectivity index (χ3v) is 3.51. The highest BCUT2D eigenvalue weighted by Gasteiger charge is 2.22. The number of halogens is 1. The minimum Gasteiger partial charge on any atom is -0.423 e. The van der Waals surface area contributed by atoms with Gasteiger partial charge in [0.25, 0.3) is 0 Å². The minimum absolute atomic E-state index is 0.319. The van der Waals surface area contributed by atoms with Gasteiger partial charge in [-0.1, -0.05) is 48.0 Å². The van der Waals surface area contributed by atoms with Crippen molar-refractivity contribution < 1.29 is 9.21 Å². The number of carbonyl (C=O) groups excluding carboxylic acids is 1. The molecule has 0 spiro atoms. The van der Waals surface area contributed by atoms with E-state index in [1.807, 2.05) is 30.3 Å². The summed E-state index contributed by atoms with van der Waals surface area (Å²) >= 11 is 5.92. The van der Waals surface area contributed by atoms with Crippen molar-refractivity contribution >= 4 is 23.3 Å². The van der Waals surface area contributed by atoms with Gasteiger partial charge < -0.3 is 15.1 Å². The van der Waals surface area contributed by atoms with Crippen LogP contribution in [0.1, 0.15) is 23.4 Å². The van der Waals surface area contributed by atoms with Crippen LogP contribution in [0, 0.1) is 6.92 Å². The highest BCUT2D eigenvalue weighted by atomic mass is 35.5. The van der Waals surface area contributed by atoms with E-state index in [4.69, 9.17) is 16.0 Å². The molecule has 122 valence electrons. The van der Waals surface area contributed by atoms with Gasteiger partial charge in [-0.15, -0.1) is 10.2 Å². The Balaban J connectivity index is 1.80. The molecular weight excluding hydrogens is 328 g/mol. The molecule has 1 heterocycles. The highest BCUT2D eigenvalue weighted by molar-refractivity contribution is 6.30. The first kappa shape index (κ1) is 16.0. The number of nitrogens with zero attached hydrogens (tertiary/aromatic N) is 2. The van der Waals surface area contributed by atoms with Crippen molar-refractivity contribution in [3.05, 3.63) is 77.0 Å². The van der Waals surface area contributed by atoms with Crippen LogP contribution in [0.25, 0.3) is 0 Å². The summed E-state index contributed by atoms with van der Waals surface area (Å²) < 4.78 is 5.48.